The number of para-hydroxylation sites is 1. The summed E-state index contributed by atoms with van der Waals surface area (Å²) < 4.78 is 4.80. The van der Waals surface area contributed by atoms with Crippen molar-refractivity contribution in [1.29, 1.82) is 0 Å². The van der Waals surface area contributed by atoms with Gasteiger partial charge in [-0.3, -0.25) is 0 Å². The number of benzene rings is 2. The number of carbonyl (C=O) groups is 1. The minimum Gasteiger partial charge on any atom is -0.460 e. The number of rotatable bonds is 10. The third-order valence-corrected chi connectivity index (χ3v) is 3.58. The smallest absolute Gasteiger partial charge is 0.330 e. The molecule has 0 bridgehead atoms. The number of aliphatic hydroxyl groups is 1. The van der Waals surface area contributed by atoms with Crippen LogP contribution in [0.3, 0.4) is 0 Å². The molecule has 2 aromatic carbocycles. The molecule has 0 aliphatic carbocycles. The topological polar surface area (TPSA) is 70.6 Å². The summed E-state index contributed by atoms with van der Waals surface area (Å²) in [6.07, 6.45) is 1.77. The number of esters is 1. The van der Waals surface area contributed by atoms with E-state index in [1.807, 2.05) is 54.6 Å². The Labute approximate surface area is 148 Å². The Bertz CT molecular complexity index is 656. The van der Waals surface area contributed by atoms with Gasteiger partial charge in [-0.1, -0.05) is 24.8 Å². The molecule has 5 nitrogen and oxygen atoms in total. The zero-order chi connectivity index (χ0) is 17.9. The van der Waals surface area contributed by atoms with Gasteiger partial charge in [-0.15, -0.1) is 0 Å². The van der Waals surface area contributed by atoms with E-state index in [1.54, 1.807) is 0 Å². The van der Waals surface area contributed by atoms with Crippen molar-refractivity contribution in [3.8, 4) is 0 Å². The first-order chi connectivity index (χ1) is 12.2. The molecular formula is C20H24N2O3. The Balaban J connectivity index is 1.66. The maximum Gasteiger partial charge on any atom is 0.330 e. The van der Waals surface area contributed by atoms with Crippen LogP contribution in [0.25, 0.3) is 0 Å². The Kier molecular flexibility index (Phi) is 7.53. The second kappa shape index (κ2) is 10.2. The number of hydrogen-bond donors (Lipinski definition) is 3. The normalized spacial score (nSPS) is 11.4. The van der Waals surface area contributed by atoms with Crippen LogP contribution in [0, 0.1) is 0 Å². The maximum absolute atomic E-state index is 10.9. The molecule has 0 amide bonds. The van der Waals surface area contributed by atoms with Crippen LogP contribution in [0.1, 0.15) is 12.8 Å². The van der Waals surface area contributed by atoms with Gasteiger partial charge in [0.05, 0.1) is 6.10 Å². The lowest BCUT2D eigenvalue weighted by Gasteiger charge is -2.12. The first kappa shape index (κ1) is 18.5. The van der Waals surface area contributed by atoms with Gasteiger partial charge in [0.2, 0.25) is 0 Å². The van der Waals surface area contributed by atoms with E-state index in [0.29, 0.717) is 6.42 Å². The lowest BCUT2D eigenvalue weighted by molar-refractivity contribution is -0.140. The summed E-state index contributed by atoms with van der Waals surface area (Å²) in [5.74, 6) is -0.513. The third kappa shape index (κ3) is 7.10. The minimum atomic E-state index is -0.650. The molecule has 5 heteroatoms. The minimum absolute atomic E-state index is 0.00467. The Morgan fingerprint density at radius 2 is 1.72 bits per heavy atom. The van der Waals surface area contributed by atoms with E-state index in [4.69, 9.17) is 4.74 Å². The number of nitrogens with one attached hydrogen (secondary N) is 2. The van der Waals surface area contributed by atoms with Crippen LogP contribution in [-0.2, 0) is 9.53 Å². The van der Waals surface area contributed by atoms with E-state index in [-0.39, 0.29) is 6.61 Å². The van der Waals surface area contributed by atoms with Crippen LogP contribution < -0.4 is 10.6 Å². The van der Waals surface area contributed by atoms with Crippen molar-refractivity contribution in [3.05, 3.63) is 67.3 Å². The van der Waals surface area contributed by atoms with Crippen molar-refractivity contribution in [3.63, 3.8) is 0 Å². The first-order valence-corrected chi connectivity index (χ1v) is 8.30. The van der Waals surface area contributed by atoms with Crippen molar-refractivity contribution in [1.82, 2.24) is 0 Å². The zero-order valence-corrected chi connectivity index (χ0v) is 14.2. The quantitative estimate of drug-likeness (QED) is 0.349. The number of ether oxygens (including phenoxy) is 1. The van der Waals surface area contributed by atoms with E-state index in [1.165, 1.54) is 0 Å². The van der Waals surface area contributed by atoms with Crippen molar-refractivity contribution < 1.29 is 14.6 Å². The molecule has 1 unspecified atom stereocenters. The summed E-state index contributed by atoms with van der Waals surface area (Å²) in [6, 6.07) is 18.0. The molecule has 0 saturated carbocycles. The van der Waals surface area contributed by atoms with Crippen molar-refractivity contribution in [2.75, 3.05) is 23.8 Å². The predicted octanol–water partition coefficient (Wildman–Crippen LogP) is 3.71. The SMILES string of the molecule is C=CC(=O)OCC(O)CCCNc1ccc(Nc2ccccc2)cc1. The molecular weight excluding hydrogens is 316 g/mol. The highest BCUT2D eigenvalue weighted by Crippen LogP contribution is 2.18. The van der Waals surface area contributed by atoms with Crippen molar-refractivity contribution in [2.24, 2.45) is 0 Å². The lowest BCUT2D eigenvalue weighted by Crippen LogP contribution is -2.18. The second-order valence-electron chi connectivity index (χ2n) is 5.63. The fourth-order valence-electron chi connectivity index (χ4n) is 2.25. The molecule has 2 aromatic rings. The fraction of sp³-hybridized carbons (Fsp3) is 0.250. The van der Waals surface area contributed by atoms with Crippen LogP contribution in [0.4, 0.5) is 17.1 Å². The highest BCUT2D eigenvalue weighted by molar-refractivity contribution is 5.81. The molecule has 0 aliphatic heterocycles. The van der Waals surface area contributed by atoms with Gasteiger partial charge in [0, 0.05) is 29.7 Å². The second-order valence-corrected chi connectivity index (χ2v) is 5.63. The molecule has 25 heavy (non-hydrogen) atoms. The average molecular weight is 340 g/mol. The highest BCUT2D eigenvalue weighted by atomic mass is 16.5. The Hall–Kier alpha value is -2.79. The number of anilines is 3. The van der Waals surface area contributed by atoms with E-state index >= 15 is 0 Å². The van der Waals surface area contributed by atoms with Crippen molar-refractivity contribution in [2.45, 2.75) is 18.9 Å². The standard InChI is InChI=1S/C20H24N2O3/c1-2-20(24)25-15-19(23)9-6-14-21-16-10-12-18(13-11-16)22-17-7-4-3-5-8-17/h2-5,7-8,10-13,19,21-23H,1,6,9,14-15H2. The maximum atomic E-state index is 10.9. The van der Waals surface area contributed by atoms with Gasteiger partial charge in [-0.25, -0.2) is 4.79 Å². The van der Waals surface area contributed by atoms with Crippen LogP contribution in [0.15, 0.2) is 67.3 Å². The summed E-state index contributed by atoms with van der Waals surface area (Å²) in [4.78, 5) is 10.9. The molecule has 3 N–H and O–H groups in total. The highest BCUT2D eigenvalue weighted by Gasteiger charge is 2.06. The number of carbonyl (C=O) groups excluding carboxylic acids is 1. The van der Waals surface area contributed by atoms with Gasteiger partial charge in [-0.05, 0) is 49.2 Å². The van der Waals surface area contributed by atoms with Crippen LogP contribution in [0.2, 0.25) is 0 Å². The van der Waals surface area contributed by atoms with Crippen LogP contribution in [0.5, 0.6) is 0 Å². The molecule has 0 spiro atoms. The molecule has 0 aromatic heterocycles. The van der Waals surface area contributed by atoms with Crippen LogP contribution in [-0.4, -0.2) is 30.3 Å². The van der Waals surface area contributed by atoms with Gasteiger partial charge in [0.25, 0.3) is 0 Å². The fourth-order valence-corrected chi connectivity index (χ4v) is 2.25. The van der Waals surface area contributed by atoms with E-state index < -0.39 is 12.1 Å². The van der Waals surface area contributed by atoms with Gasteiger partial charge in [-0.2, -0.15) is 0 Å². The molecule has 0 saturated heterocycles. The third-order valence-electron chi connectivity index (χ3n) is 3.58. The van der Waals surface area contributed by atoms with Gasteiger partial charge in [0.15, 0.2) is 0 Å². The summed E-state index contributed by atoms with van der Waals surface area (Å²) in [7, 11) is 0. The number of hydrogen-bond acceptors (Lipinski definition) is 5. The van der Waals surface area contributed by atoms with E-state index in [9.17, 15) is 9.90 Å². The van der Waals surface area contributed by atoms with E-state index in [2.05, 4.69) is 17.2 Å². The Morgan fingerprint density at radius 1 is 1.08 bits per heavy atom. The number of aliphatic hydroxyl groups excluding tert-OH is 1. The molecule has 1 atom stereocenters. The molecule has 0 aliphatic rings. The largest absolute Gasteiger partial charge is 0.460 e. The van der Waals surface area contributed by atoms with Crippen LogP contribution >= 0.6 is 0 Å². The first-order valence-electron chi connectivity index (χ1n) is 8.30. The molecule has 0 fully saturated rings. The zero-order valence-electron chi connectivity index (χ0n) is 14.2. The summed E-state index contributed by atoms with van der Waals surface area (Å²) in [5, 5.41) is 16.4. The van der Waals surface area contributed by atoms with E-state index in [0.717, 1.165) is 36.1 Å². The summed E-state index contributed by atoms with van der Waals surface area (Å²) in [6.45, 7) is 4.05. The Morgan fingerprint density at radius 3 is 2.40 bits per heavy atom. The summed E-state index contributed by atoms with van der Waals surface area (Å²) >= 11 is 0. The predicted molar refractivity (Wildman–Crippen MR) is 101 cm³/mol. The van der Waals surface area contributed by atoms with Gasteiger partial charge in [0.1, 0.15) is 6.61 Å². The summed E-state index contributed by atoms with van der Waals surface area (Å²) in [5.41, 5.74) is 3.09. The van der Waals surface area contributed by atoms with Gasteiger partial charge < -0.3 is 20.5 Å². The van der Waals surface area contributed by atoms with Crippen molar-refractivity contribution >= 4 is 23.0 Å². The molecule has 0 radical (unpaired) electrons. The molecule has 0 heterocycles. The lowest BCUT2D eigenvalue weighted by atomic mass is 10.2. The average Bonchev–Trinajstić information content (AvgIpc) is 2.65. The molecule has 132 valence electrons. The molecule has 2 rings (SSSR count). The monoisotopic (exact) mass is 340 g/mol. The van der Waals surface area contributed by atoms with Gasteiger partial charge >= 0.3 is 5.97 Å².